The van der Waals surface area contributed by atoms with Gasteiger partial charge in [0.05, 0.1) is 0 Å². The van der Waals surface area contributed by atoms with Gasteiger partial charge in [0.2, 0.25) is 0 Å². The highest BCUT2D eigenvalue weighted by Gasteiger charge is 2.64. The lowest BCUT2D eigenvalue weighted by Crippen LogP contribution is -2.47. The van der Waals surface area contributed by atoms with Crippen LogP contribution in [-0.2, 0) is 19.1 Å². The molecule has 4 heteroatoms. The molecule has 74 valence electrons. The topological polar surface area (TPSA) is 52.6 Å². The molecule has 0 amide bonds. The van der Waals surface area contributed by atoms with Gasteiger partial charge in [-0.2, -0.15) is 0 Å². The van der Waals surface area contributed by atoms with Gasteiger partial charge in [0.15, 0.2) is 5.41 Å². The molecule has 1 saturated carbocycles. The van der Waals surface area contributed by atoms with Gasteiger partial charge in [0.25, 0.3) is 5.79 Å². The Labute approximate surface area is 77.2 Å². The Morgan fingerprint density at radius 1 is 1.08 bits per heavy atom. The monoisotopic (exact) mass is 186 g/mol. The minimum Gasteiger partial charge on any atom is -0.422 e. The third-order valence-corrected chi connectivity index (χ3v) is 2.21. The first-order valence-electron chi connectivity index (χ1n) is 3.93. The SMILES string of the molecule is C.CC1(C)OC(=O)C2(CC2)C(=O)O1. The van der Waals surface area contributed by atoms with Crippen LogP contribution in [0.2, 0.25) is 0 Å². The maximum absolute atomic E-state index is 11.3. The number of esters is 2. The lowest BCUT2D eigenvalue weighted by atomic mass is 10.1. The Bertz CT molecular complexity index is 241. The van der Waals surface area contributed by atoms with Gasteiger partial charge < -0.3 is 9.47 Å². The molecule has 13 heavy (non-hydrogen) atoms. The van der Waals surface area contributed by atoms with Gasteiger partial charge in [-0.1, -0.05) is 7.43 Å². The van der Waals surface area contributed by atoms with E-state index < -0.39 is 23.1 Å². The second-order valence-corrected chi connectivity index (χ2v) is 3.76. The summed E-state index contributed by atoms with van der Waals surface area (Å²) in [4.78, 5) is 22.6. The van der Waals surface area contributed by atoms with E-state index in [2.05, 4.69) is 0 Å². The van der Waals surface area contributed by atoms with Crippen LogP contribution in [0.1, 0.15) is 34.1 Å². The highest BCUT2D eigenvalue weighted by atomic mass is 16.7. The Kier molecular flexibility index (Phi) is 1.90. The summed E-state index contributed by atoms with van der Waals surface area (Å²) in [6.07, 6.45) is 1.14. The molecule has 0 N–H and O–H groups in total. The molecular formula is C9H14O4. The minimum absolute atomic E-state index is 0. The molecule has 4 nitrogen and oxygen atoms in total. The van der Waals surface area contributed by atoms with Crippen molar-refractivity contribution in [1.29, 1.82) is 0 Å². The highest BCUT2D eigenvalue weighted by Crippen LogP contribution is 2.51. The van der Waals surface area contributed by atoms with Crippen LogP contribution in [0, 0.1) is 5.41 Å². The zero-order valence-corrected chi connectivity index (χ0v) is 7.05. The predicted octanol–water partition coefficient (Wildman–Crippen LogP) is 1.24. The fraction of sp³-hybridized carbons (Fsp3) is 0.778. The number of hydrogen-bond donors (Lipinski definition) is 0. The standard InChI is InChI=1S/C8H10O4.CH4/c1-7(2)11-5(9)8(3-4-8)6(10)12-7;/h3-4H2,1-2H3;1H4. The van der Waals surface area contributed by atoms with Crippen LogP contribution >= 0.6 is 0 Å². The average molecular weight is 186 g/mol. The van der Waals surface area contributed by atoms with Crippen molar-refractivity contribution in [3.63, 3.8) is 0 Å². The summed E-state index contributed by atoms with van der Waals surface area (Å²) >= 11 is 0. The molecular weight excluding hydrogens is 172 g/mol. The minimum atomic E-state index is -1.08. The van der Waals surface area contributed by atoms with Gasteiger partial charge in [-0.05, 0) is 12.8 Å². The average Bonchev–Trinajstić information content (AvgIpc) is 2.59. The Hall–Kier alpha value is -1.06. The van der Waals surface area contributed by atoms with E-state index >= 15 is 0 Å². The number of carbonyl (C=O) groups excluding carboxylic acids is 2. The highest BCUT2D eigenvalue weighted by molar-refractivity contribution is 6.04. The smallest absolute Gasteiger partial charge is 0.326 e. The maximum atomic E-state index is 11.3. The number of carbonyl (C=O) groups is 2. The summed E-state index contributed by atoms with van der Waals surface area (Å²) in [7, 11) is 0. The fourth-order valence-electron chi connectivity index (χ4n) is 1.28. The van der Waals surface area contributed by atoms with E-state index in [1.165, 1.54) is 0 Å². The fourth-order valence-corrected chi connectivity index (χ4v) is 1.28. The second kappa shape index (κ2) is 2.47. The van der Waals surface area contributed by atoms with Crippen LogP contribution in [0.4, 0.5) is 0 Å². The molecule has 0 aromatic rings. The zero-order chi connectivity index (χ0) is 8.98. The van der Waals surface area contributed by atoms with Crippen LogP contribution in [0.25, 0.3) is 0 Å². The van der Waals surface area contributed by atoms with Crippen LogP contribution in [-0.4, -0.2) is 17.7 Å². The lowest BCUT2D eigenvalue weighted by Gasteiger charge is -2.32. The first-order valence-corrected chi connectivity index (χ1v) is 3.93. The van der Waals surface area contributed by atoms with Crippen molar-refractivity contribution in [2.75, 3.05) is 0 Å². The summed E-state index contributed by atoms with van der Waals surface area (Å²) in [5.74, 6) is -1.94. The van der Waals surface area contributed by atoms with Crippen LogP contribution < -0.4 is 0 Å². The molecule has 1 saturated heterocycles. The van der Waals surface area contributed by atoms with E-state index in [9.17, 15) is 9.59 Å². The summed E-state index contributed by atoms with van der Waals surface area (Å²) in [6, 6.07) is 0. The molecule has 0 unspecified atom stereocenters. The van der Waals surface area contributed by atoms with Gasteiger partial charge in [-0.15, -0.1) is 0 Å². The van der Waals surface area contributed by atoms with E-state index in [-0.39, 0.29) is 7.43 Å². The number of cyclic esters (lactones) is 2. The maximum Gasteiger partial charge on any atom is 0.326 e. The van der Waals surface area contributed by atoms with E-state index in [1.54, 1.807) is 13.8 Å². The van der Waals surface area contributed by atoms with Gasteiger partial charge in [-0.3, -0.25) is 9.59 Å². The Morgan fingerprint density at radius 2 is 1.46 bits per heavy atom. The summed E-state index contributed by atoms with van der Waals surface area (Å²) in [5.41, 5.74) is -0.921. The van der Waals surface area contributed by atoms with Crippen LogP contribution in [0.5, 0.6) is 0 Å². The van der Waals surface area contributed by atoms with Gasteiger partial charge in [0, 0.05) is 13.8 Å². The van der Waals surface area contributed by atoms with Gasteiger partial charge >= 0.3 is 11.9 Å². The summed E-state index contributed by atoms with van der Waals surface area (Å²) < 4.78 is 9.88. The number of hydrogen-bond acceptors (Lipinski definition) is 4. The van der Waals surface area contributed by atoms with Crippen molar-refractivity contribution >= 4 is 11.9 Å². The number of ether oxygens (including phenoxy) is 2. The molecule has 2 aliphatic rings. The van der Waals surface area contributed by atoms with E-state index in [4.69, 9.17) is 9.47 Å². The molecule has 0 aromatic heterocycles. The van der Waals surface area contributed by atoms with Gasteiger partial charge in [-0.25, -0.2) is 0 Å². The van der Waals surface area contributed by atoms with Crippen LogP contribution in [0.15, 0.2) is 0 Å². The second-order valence-electron chi connectivity index (χ2n) is 3.76. The molecule has 0 radical (unpaired) electrons. The van der Waals surface area contributed by atoms with Crippen molar-refractivity contribution in [3.05, 3.63) is 0 Å². The summed E-state index contributed by atoms with van der Waals surface area (Å²) in [6.45, 7) is 3.11. The van der Waals surface area contributed by atoms with E-state index in [1.807, 2.05) is 0 Å². The molecule has 2 rings (SSSR count). The van der Waals surface area contributed by atoms with E-state index in [0.717, 1.165) is 0 Å². The first kappa shape index (κ1) is 10.0. The van der Waals surface area contributed by atoms with Crippen molar-refractivity contribution in [3.8, 4) is 0 Å². The molecule has 1 aliphatic carbocycles. The van der Waals surface area contributed by atoms with Crippen molar-refractivity contribution in [2.24, 2.45) is 5.41 Å². The molecule has 2 fully saturated rings. The lowest BCUT2D eigenvalue weighted by molar-refractivity contribution is -0.242. The third-order valence-electron chi connectivity index (χ3n) is 2.21. The van der Waals surface area contributed by atoms with Crippen LogP contribution in [0.3, 0.4) is 0 Å². The van der Waals surface area contributed by atoms with E-state index in [0.29, 0.717) is 12.8 Å². The molecule has 0 bridgehead atoms. The Balaban J connectivity index is 0.000000845. The molecule has 1 heterocycles. The number of rotatable bonds is 0. The normalized spacial score (nSPS) is 27.2. The van der Waals surface area contributed by atoms with Crippen molar-refractivity contribution in [1.82, 2.24) is 0 Å². The molecule has 0 atom stereocenters. The predicted molar refractivity (Wildman–Crippen MR) is 44.7 cm³/mol. The third kappa shape index (κ3) is 1.30. The molecule has 1 aliphatic heterocycles. The van der Waals surface area contributed by atoms with Crippen molar-refractivity contribution < 1.29 is 19.1 Å². The molecule has 0 aromatic carbocycles. The molecule has 1 spiro atoms. The Morgan fingerprint density at radius 3 is 1.77 bits per heavy atom. The van der Waals surface area contributed by atoms with Crippen molar-refractivity contribution in [2.45, 2.75) is 39.9 Å². The summed E-state index contributed by atoms with van der Waals surface area (Å²) in [5, 5.41) is 0. The zero-order valence-electron chi connectivity index (χ0n) is 7.05. The quantitative estimate of drug-likeness (QED) is 0.422. The van der Waals surface area contributed by atoms with Gasteiger partial charge in [0.1, 0.15) is 0 Å². The first-order chi connectivity index (χ1) is 5.46. The largest absolute Gasteiger partial charge is 0.422 e.